The average Bonchev–Trinajstić information content (AvgIpc) is 2.79. The van der Waals surface area contributed by atoms with Crippen LogP contribution in [0.5, 0.6) is 0 Å². The van der Waals surface area contributed by atoms with Crippen molar-refractivity contribution in [1.29, 1.82) is 0 Å². The van der Waals surface area contributed by atoms with Crippen LogP contribution in [-0.4, -0.2) is 74.5 Å². The van der Waals surface area contributed by atoms with Crippen LogP contribution in [-0.2, 0) is 9.84 Å². The second kappa shape index (κ2) is 7.45. The highest BCUT2D eigenvalue weighted by molar-refractivity contribution is 7.91. The molecule has 2 saturated heterocycles. The van der Waals surface area contributed by atoms with Gasteiger partial charge in [-0.15, -0.1) is 0 Å². The van der Waals surface area contributed by atoms with Crippen molar-refractivity contribution in [2.24, 2.45) is 0 Å². The van der Waals surface area contributed by atoms with Crippen molar-refractivity contribution in [1.82, 2.24) is 15.1 Å². The number of rotatable bonds is 5. The summed E-state index contributed by atoms with van der Waals surface area (Å²) >= 11 is 0. The van der Waals surface area contributed by atoms with E-state index in [1.165, 1.54) is 19.3 Å². The fourth-order valence-corrected chi connectivity index (χ4v) is 4.61. The third-order valence-electron chi connectivity index (χ3n) is 4.30. The van der Waals surface area contributed by atoms with Gasteiger partial charge in [-0.2, -0.15) is 0 Å². The Labute approximate surface area is 127 Å². The molecule has 2 aliphatic rings. The van der Waals surface area contributed by atoms with E-state index in [4.69, 9.17) is 0 Å². The van der Waals surface area contributed by atoms with Crippen LogP contribution in [0.2, 0.25) is 0 Å². The molecule has 2 heterocycles. The zero-order valence-corrected chi connectivity index (χ0v) is 13.7. The molecule has 2 rings (SSSR count). The minimum atomic E-state index is -2.93. The van der Waals surface area contributed by atoms with Gasteiger partial charge in [0.15, 0.2) is 9.84 Å². The van der Waals surface area contributed by atoms with Crippen LogP contribution in [0.4, 0.5) is 4.79 Å². The molecule has 0 aromatic heterocycles. The van der Waals surface area contributed by atoms with Crippen LogP contribution in [0, 0.1) is 0 Å². The van der Waals surface area contributed by atoms with Crippen LogP contribution in [0.1, 0.15) is 32.6 Å². The van der Waals surface area contributed by atoms with E-state index in [0.29, 0.717) is 6.42 Å². The molecule has 0 saturated carbocycles. The molecule has 6 nitrogen and oxygen atoms in total. The highest BCUT2D eigenvalue weighted by Crippen LogP contribution is 2.12. The minimum absolute atomic E-state index is 0.0930. The van der Waals surface area contributed by atoms with Crippen LogP contribution in [0.25, 0.3) is 0 Å². The monoisotopic (exact) mass is 317 g/mol. The predicted molar refractivity (Wildman–Crippen MR) is 83.1 cm³/mol. The predicted octanol–water partition coefficient (Wildman–Crippen LogP) is 0.691. The molecule has 7 heteroatoms. The molecule has 2 fully saturated rings. The molecular weight excluding hydrogens is 290 g/mol. The smallest absolute Gasteiger partial charge is 0.317 e. The van der Waals surface area contributed by atoms with Gasteiger partial charge < -0.3 is 10.2 Å². The topological polar surface area (TPSA) is 69.7 Å². The van der Waals surface area contributed by atoms with E-state index in [-0.39, 0.29) is 23.6 Å². The standard InChI is InChI=1S/C14H27N3O3S/c1-2-3-4-6-16-7-9-17(10-8-16)14(18)15-13-5-11-21(19,20)12-13/h13H,2-12H2,1H3,(H,15,18). The maximum atomic E-state index is 12.1. The fraction of sp³-hybridized carbons (Fsp3) is 0.929. The molecule has 0 spiro atoms. The minimum Gasteiger partial charge on any atom is -0.334 e. The van der Waals surface area contributed by atoms with E-state index in [1.807, 2.05) is 0 Å². The maximum absolute atomic E-state index is 12.1. The summed E-state index contributed by atoms with van der Waals surface area (Å²) in [4.78, 5) is 16.3. The van der Waals surface area contributed by atoms with Crippen molar-refractivity contribution >= 4 is 15.9 Å². The van der Waals surface area contributed by atoms with Gasteiger partial charge in [0.05, 0.1) is 11.5 Å². The highest BCUT2D eigenvalue weighted by atomic mass is 32.2. The molecule has 2 amide bonds. The average molecular weight is 317 g/mol. The lowest BCUT2D eigenvalue weighted by molar-refractivity contribution is 0.136. The second-order valence-electron chi connectivity index (χ2n) is 6.09. The molecule has 0 radical (unpaired) electrons. The summed E-state index contributed by atoms with van der Waals surface area (Å²) in [6.45, 7) is 6.62. The van der Waals surface area contributed by atoms with Crippen molar-refractivity contribution in [2.75, 3.05) is 44.2 Å². The number of amides is 2. The lowest BCUT2D eigenvalue weighted by Crippen LogP contribution is -2.53. The number of urea groups is 1. The van der Waals surface area contributed by atoms with E-state index in [9.17, 15) is 13.2 Å². The zero-order chi connectivity index (χ0) is 15.3. The Kier molecular flexibility index (Phi) is 5.87. The van der Waals surface area contributed by atoms with Crippen molar-refractivity contribution in [3.63, 3.8) is 0 Å². The number of unbranched alkanes of at least 4 members (excludes halogenated alkanes) is 2. The van der Waals surface area contributed by atoms with E-state index in [1.54, 1.807) is 4.90 Å². The van der Waals surface area contributed by atoms with E-state index in [0.717, 1.165) is 32.7 Å². The molecular formula is C14H27N3O3S. The Bertz CT molecular complexity index is 444. The molecule has 2 aliphatic heterocycles. The molecule has 0 aromatic rings. The Morgan fingerprint density at radius 2 is 1.90 bits per heavy atom. The first-order valence-corrected chi connectivity index (χ1v) is 9.80. The number of nitrogens with one attached hydrogen (secondary N) is 1. The van der Waals surface area contributed by atoms with Gasteiger partial charge in [-0.1, -0.05) is 19.8 Å². The molecule has 1 N–H and O–H groups in total. The van der Waals surface area contributed by atoms with E-state index in [2.05, 4.69) is 17.1 Å². The number of carbonyl (C=O) groups excluding carboxylic acids is 1. The van der Waals surface area contributed by atoms with Crippen molar-refractivity contribution < 1.29 is 13.2 Å². The fourth-order valence-electron chi connectivity index (χ4n) is 2.93. The summed E-state index contributed by atoms with van der Waals surface area (Å²) < 4.78 is 22.8. The van der Waals surface area contributed by atoms with Gasteiger partial charge in [0.2, 0.25) is 0 Å². The first kappa shape index (κ1) is 16.5. The van der Waals surface area contributed by atoms with Crippen LogP contribution < -0.4 is 5.32 Å². The number of hydrogen-bond donors (Lipinski definition) is 1. The molecule has 1 unspecified atom stereocenters. The van der Waals surface area contributed by atoms with Crippen molar-refractivity contribution in [3.05, 3.63) is 0 Å². The van der Waals surface area contributed by atoms with Gasteiger partial charge in [0.1, 0.15) is 0 Å². The SMILES string of the molecule is CCCCCN1CCN(C(=O)NC2CCS(=O)(=O)C2)CC1. The lowest BCUT2D eigenvalue weighted by Gasteiger charge is -2.35. The first-order valence-electron chi connectivity index (χ1n) is 7.98. The van der Waals surface area contributed by atoms with E-state index >= 15 is 0 Å². The number of carbonyl (C=O) groups is 1. The van der Waals surface area contributed by atoms with Gasteiger partial charge >= 0.3 is 6.03 Å². The van der Waals surface area contributed by atoms with Crippen LogP contribution >= 0.6 is 0 Å². The molecule has 122 valence electrons. The second-order valence-corrected chi connectivity index (χ2v) is 8.31. The third-order valence-corrected chi connectivity index (χ3v) is 6.07. The van der Waals surface area contributed by atoms with Gasteiger partial charge in [-0.05, 0) is 19.4 Å². The normalized spacial score (nSPS) is 26.0. The summed E-state index contributed by atoms with van der Waals surface area (Å²) in [5.41, 5.74) is 0. The molecule has 21 heavy (non-hydrogen) atoms. The zero-order valence-electron chi connectivity index (χ0n) is 12.9. The van der Waals surface area contributed by atoms with Gasteiger partial charge in [-0.3, -0.25) is 4.90 Å². The maximum Gasteiger partial charge on any atom is 0.317 e. The molecule has 0 bridgehead atoms. The Morgan fingerprint density at radius 3 is 2.48 bits per heavy atom. The number of piperazine rings is 1. The van der Waals surface area contributed by atoms with E-state index < -0.39 is 9.84 Å². The Hall–Kier alpha value is -0.820. The quantitative estimate of drug-likeness (QED) is 0.758. The summed E-state index contributed by atoms with van der Waals surface area (Å²) in [5, 5.41) is 2.86. The summed E-state index contributed by atoms with van der Waals surface area (Å²) in [6, 6.07) is -0.310. The van der Waals surface area contributed by atoms with Crippen molar-refractivity contribution in [3.8, 4) is 0 Å². The van der Waals surface area contributed by atoms with Crippen LogP contribution in [0.3, 0.4) is 0 Å². The van der Waals surface area contributed by atoms with Crippen molar-refractivity contribution in [2.45, 2.75) is 38.6 Å². The van der Waals surface area contributed by atoms with Gasteiger partial charge in [0.25, 0.3) is 0 Å². The third kappa shape index (κ3) is 5.14. The lowest BCUT2D eigenvalue weighted by atomic mass is 10.2. The Balaban J connectivity index is 1.68. The largest absolute Gasteiger partial charge is 0.334 e. The van der Waals surface area contributed by atoms with Gasteiger partial charge in [-0.25, -0.2) is 13.2 Å². The summed E-state index contributed by atoms with van der Waals surface area (Å²) in [7, 11) is -2.93. The van der Waals surface area contributed by atoms with Gasteiger partial charge in [0, 0.05) is 32.2 Å². The molecule has 0 aromatic carbocycles. The summed E-state index contributed by atoms with van der Waals surface area (Å²) in [5.74, 6) is 0.291. The Morgan fingerprint density at radius 1 is 1.19 bits per heavy atom. The van der Waals surface area contributed by atoms with Crippen LogP contribution in [0.15, 0.2) is 0 Å². The highest BCUT2D eigenvalue weighted by Gasteiger charge is 2.30. The number of nitrogens with zero attached hydrogens (tertiary/aromatic N) is 2. The number of sulfone groups is 1. The first-order chi connectivity index (χ1) is 10.00. The summed E-state index contributed by atoms with van der Waals surface area (Å²) in [6.07, 6.45) is 4.26. The molecule has 1 atom stereocenters. The number of hydrogen-bond acceptors (Lipinski definition) is 4. The molecule has 0 aliphatic carbocycles.